The smallest absolute Gasteiger partial charge is 0.103 e. The second kappa shape index (κ2) is 12.0. The van der Waals surface area contributed by atoms with Gasteiger partial charge in [0, 0.05) is 6.54 Å². The summed E-state index contributed by atoms with van der Waals surface area (Å²) in [5.41, 5.74) is -0.345. The van der Waals surface area contributed by atoms with Gasteiger partial charge in [-0.15, -0.1) is 0 Å². The Kier molecular flexibility index (Phi) is 11.7. The van der Waals surface area contributed by atoms with E-state index in [9.17, 15) is 5.26 Å². The molecule has 0 fully saturated rings. The summed E-state index contributed by atoms with van der Waals surface area (Å²) in [5.74, 6) is 0.834. The molecule has 0 saturated heterocycles. The van der Waals surface area contributed by atoms with Crippen molar-refractivity contribution >= 4 is 0 Å². The maximum atomic E-state index is 9.33. The molecule has 0 heterocycles. The first-order valence-corrected chi connectivity index (χ1v) is 8.93. The first-order chi connectivity index (χ1) is 10.0. The van der Waals surface area contributed by atoms with Gasteiger partial charge in [0.25, 0.3) is 0 Å². The summed E-state index contributed by atoms with van der Waals surface area (Å²) >= 11 is 0. The highest BCUT2D eigenvalue weighted by atomic mass is 15.1. The number of nitrogens with zero attached hydrogens (tertiary/aromatic N) is 2. The summed E-state index contributed by atoms with van der Waals surface area (Å²) in [4.78, 5) is 2.57. The Balaban J connectivity index is 4.02. The van der Waals surface area contributed by atoms with Crippen LogP contribution in [0.3, 0.4) is 0 Å². The van der Waals surface area contributed by atoms with Crippen LogP contribution in [0, 0.1) is 17.2 Å². The lowest BCUT2D eigenvalue weighted by Gasteiger charge is -2.26. The van der Waals surface area contributed by atoms with Crippen LogP contribution in [0.25, 0.3) is 0 Å². The highest BCUT2D eigenvalue weighted by Gasteiger charge is 2.21. The van der Waals surface area contributed by atoms with Crippen LogP contribution in [0.5, 0.6) is 0 Å². The van der Waals surface area contributed by atoms with Crippen LogP contribution >= 0.6 is 0 Å². The Hall–Kier alpha value is -0.590. The van der Waals surface area contributed by atoms with Crippen LogP contribution in [0.15, 0.2) is 0 Å². The summed E-state index contributed by atoms with van der Waals surface area (Å²) in [5, 5.41) is 12.7. The van der Waals surface area contributed by atoms with E-state index in [4.69, 9.17) is 0 Å². The van der Waals surface area contributed by atoms with Gasteiger partial charge in [-0.25, -0.2) is 0 Å². The zero-order chi connectivity index (χ0) is 16.1. The molecule has 0 aliphatic heterocycles. The molecule has 0 aromatic heterocycles. The van der Waals surface area contributed by atoms with Gasteiger partial charge in [-0.3, -0.25) is 5.32 Å². The van der Waals surface area contributed by atoms with Crippen molar-refractivity contribution in [2.45, 2.75) is 78.7 Å². The number of hydrogen-bond acceptors (Lipinski definition) is 3. The van der Waals surface area contributed by atoms with Crippen molar-refractivity contribution < 1.29 is 0 Å². The van der Waals surface area contributed by atoms with Crippen LogP contribution in [0.1, 0.15) is 73.1 Å². The van der Waals surface area contributed by atoms with Crippen LogP contribution in [-0.4, -0.2) is 36.6 Å². The van der Waals surface area contributed by atoms with E-state index in [0.29, 0.717) is 0 Å². The highest BCUT2D eigenvalue weighted by Crippen LogP contribution is 2.15. The van der Waals surface area contributed by atoms with E-state index in [0.717, 1.165) is 38.3 Å². The number of unbranched alkanes of at least 4 members (excludes halogenated alkanes) is 1. The predicted octanol–water partition coefficient (Wildman–Crippen LogP) is 4.20. The second-order valence-electron chi connectivity index (χ2n) is 6.40. The molecular formula is C18H37N3. The molecule has 21 heavy (non-hydrogen) atoms. The molecule has 0 rings (SSSR count). The van der Waals surface area contributed by atoms with Crippen molar-refractivity contribution in [2.24, 2.45) is 5.92 Å². The molecule has 124 valence electrons. The molecule has 0 radical (unpaired) electrons. The zero-order valence-electron chi connectivity index (χ0n) is 15.0. The van der Waals surface area contributed by atoms with Crippen LogP contribution in [-0.2, 0) is 0 Å². The SMILES string of the molecule is CCCNC(C)(C#N)CCCCN(CC)CC(CC)CC. The minimum absolute atomic E-state index is 0.345. The molecule has 1 atom stereocenters. The van der Waals surface area contributed by atoms with E-state index in [2.05, 4.69) is 44.0 Å². The van der Waals surface area contributed by atoms with E-state index >= 15 is 0 Å². The minimum atomic E-state index is -0.345. The number of nitrogens with one attached hydrogen (secondary N) is 1. The molecule has 0 aliphatic rings. The standard InChI is InChI=1S/C18H37N3/c1-6-13-20-18(5,16-19)12-10-11-14-21(9-4)15-17(7-2)8-3/h17,20H,6-15H2,1-5H3. The fourth-order valence-corrected chi connectivity index (χ4v) is 2.69. The van der Waals surface area contributed by atoms with Crippen LogP contribution in [0.2, 0.25) is 0 Å². The third kappa shape index (κ3) is 9.11. The lowest BCUT2D eigenvalue weighted by atomic mass is 9.96. The molecule has 3 heteroatoms. The maximum absolute atomic E-state index is 9.33. The normalized spacial score (nSPS) is 14.4. The van der Waals surface area contributed by atoms with Gasteiger partial charge in [0.2, 0.25) is 0 Å². The van der Waals surface area contributed by atoms with Crippen molar-refractivity contribution in [3.63, 3.8) is 0 Å². The Morgan fingerprint density at radius 1 is 1.14 bits per heavy atom. The van der Waals surface area contributed by atoms with E-state index in [1.54, 1.807) is 0 Å². The fourth-order valence-electron chi connectivity index (χ4n) is 2.69. The summed E-state index contributed by atoms with van der Waals surface area (Å²) in [6.45, 7) is 15.5. The summed E-state index contributed by atoms with van der Waals surface area (Å²) in [6, 6.07) is 2.44. The van der Waals surface area contributed by atoms with E-state index in [1.807, 2.05) is 6.92 Å². The van der Waals surface area contributed by atoms with Gasteiger partial charge < -0.3 is 4.90 Å². The third-order valence-corrected chi connectivity index (χ3v) is 4.53. The van der Waals surface area contributed by atoms with Crippen molar-refractivity contribution in [2.75, 3.05) is 26.2 Å². The molecule has 0 aromatic carbocycles. The van der Waals surface area contributed by atoms with Crippen molar-refractivity contribution in [3.8, 4) is 6.07 Å². The van der Waals surface area contributed by atoms with E-state index in [-0.39, 0.29) is 5.54 Å². The Bertz CT molecular complexity index is 281. The number of hydrogen-bond donors (Lipinski definition) is 1. The molecule has 0 aromatic rings. The second-order valence-corrected chi connectivity index (χ2v) is 6.40. The predicted molar refractivity (Wildman–Crippen MR) is 92.3 cm³/mol. The quantitative estimate of drug-likeness (QED) is 0.518. The lowest BCUT2D eigenvalue weighted by molar-refractivity contribution is 0.227. The summed E-state index contributed by atoms with van der Waals surface area (Å²) in [6.07, 6.45) is 6.91. The minimum Gasteiger partial charge on any atom is -0.303 e. The number of nitriles is 1. The lowest BCUT2D eigenvalue weighted by Crippen LogP contribution is -2.41. The zero-order valence-corrected chi connectivity index (χ0v) is 15.0. The molecule has 0 bridgehead atoms. The van der Waals surface area contributed by atoms with E-state index < -0.39 is 0 Å². The maximum Gasteiger partial charge on any atom is 0.103 e. The first kappa shape index (κ1) is 20.4. The van der Waals surface area contributed by atoms with Crippen LogP contribution in [0.4, 0.5) is 0 Å². The number of rotatable bonds is 13. The summed E-state index contributed by atoms with van der Waals surface area (Å²) < 4.78 is 0. The largest absolute Gasteiger partial charge is 0.303 e. The first-order valence-electron chi connectivity index (χ1n) is 8.93. The molecule has 0 spiro atoms. The molecule has 0 aliphatic carbocycles. The van der Waals surface area contributed by atoms with Gasteiger partial charge in [0.05, 0.1) is 6.07 Å². The molecular weight excluding hydrogens is 258 g/mol. The van der Waals surface area contributed by atoms with Gasteiger partial charge in [0.15, 0.2) is 0 Å². The van der Waals surface area contributed by atoms with Gasteiger partial charge >= 0.3 is 0 Å². The Morgan fingerprint density at radius 2 is 1.81 bits per heavy atom. The Labute approximate surface area is 133 Å². The van der Waals surface area contributed by atoms with Crippen LogP contribution < -0.4 is 5.32 Å². The van der Waals surface area contributed by atoms with E-state index in [1.165, 1.54) is 32.4 Å². The fraction of sp³-hybridized carbons (Fsp3) is 0.944. The molecule has 3 nitrogen and oxygen atoms in total. The average Bonchev–Trinajstić information content (AvgIpc) is 2.52. The molecule has 0 saturated carbocycles. The molecule has 0 amide bonds. The average molecular weight is 296 g/mol. The molecule has 1 N–H and O–H groups in total. The highest BCUT2D eigenvalue weighted by molar-refractivity contribution is 5.03. The van der Waals surface area contributed by atoms with Crippen molar-refractivity contribution in [1.29, 1.82) is 5.26 Å². The Morgan fingerprint density at radius 3 is 2.29 bits per heavy atom. The molecule has 1 unspecified atom stereocenters. The van der Waals surface area contributed by atoms with Gasteiger partial charge in [0.1, 0.15) is 5.54 Å². The third-order valence-electron chi connectivity index (χ3n) is 4.53. The van der Waals surface area contributed by atoms with Crippen molar-refractivity contribution in [1.82, 2.24) is 10.2 Å². The van der Waals surface area contributed by atoms with Gasteiger partial charge in [-0.05, 0) is 58.2 Å². The monoisotopic (exact) mass is 295 g/mol. The van der Waals surface area contributed by atoms with Crippen molar-refractivity contribution in [3.05, 3.63) is 0 Å². The van der Waals surface area contributed by atoms with Gasteiger partial charge in [-0.1, -0.05) is 40.5 Å². The topological polar surface area (TPSA) is 39.1 Å². The van der Waals surface area contributed by atoms with Gasteiger partial charge in [-0.2, -0.15) is 5.26 Å². The summed E-state index contributed by atoms with van der Waals surface area (Å²) in [7, 11) is 0.